The van der Waals surface area contributed by atoms with Gasteiger partial charge in [-0.1, -0.05) is 32.4 Å². The maximum Gasteiger partial charge on any atom is 0.325 e. The molecule has 8 nitrogen and oxygen atoms in total. The van der Waals surface area contributed by atoms with Gasteiger partial charge in [-0.15, -0.1) is 0 Å². The van der Waals surface area contributed by atoms with Gasteiger partial charge in [-0.3, -0.25) is 14.4 Å². The van der Waals surface area contributed by atoms with Crippen molar-refractivity contribution in [2.75, 3.05) is 0 Å². The first-order chi connectivity index (χ1) is 12.1. The van der Waals surface area contributed by atoms with E-state index in [0.29, 0.717) is 12.0 Å². The molecule has 0 saturated carbocycles. The highest BCUT2D eigenvalue weighted by atomic mass is 16.4. The van der Waals surface area contributed by atoms with Crippen molar-refractivity contribution in [2.45, 2.75) is 51.7 Å². The van der Waals surface area contributed by atoms with Crippen LogP contribution in [0.2, 0.25) is 0 Å². The normalized spacial score (nSPS) is 15.4. The average molecular weight is 365 g/mol. The molecule has 4 unspecified atom stereocenters. The molecule has 1 rings (SSSR count). The number of aliphatic carboxylic acids is 1. The van der Waals surface area contributed by atoms with Crippen LogP contribution in [-0.4, -0.2) is 46.1 Å². The molecule has 4 atom stereocenters. The predicted molar refractivity (Wildman–Crippen MR) is 96.4 cm³/mol. The molecule has 1 aromatic carbocycles. The van der Waals surface area contributed by atoms with Crippen molar-refractivity contribution in [3.05, 3.63) is 29.8 Å². The van der Waals surface area contributed by atoms with Crippen molar-refractivity contribution in [3.63, 3.8) is 0 Å². The number of carbonyl (C=O) groups excluding carboxylic acids is 2. The number of hydrogen-bond donors (Lipinski definition) is 5. The van der Waals surface area contributed by atoms with Crippen molar-refractivity contribution in [1.29, 1.82) is 0 Å². The van der Waals surface area contributed by atoms with Crippen LogP contribution >= 0.6 is 0 Å². The molecular weight excluding hydrogens is 338 g/mol. The van der Waals surface area contributed by atoms with Gasteiger partial charge in [-0.2, -0.15) is 0 Å². The summed E-state index contributed by atoms with van der Waals surface area (Å²) in [5.41, 5.74) is 6.61. The number of amides is 2. The third kappa shape index (κ3) is 6.36. The van der Waals surface area contributed by atoms with Crippen molar-refractivity contribution in [2.24, 2.45) is 11.7 Å². The molecule has 2 amide bonds. The highest BCUT2D eigenvalue weighted by Gasteiger charge is 2.28. The Morgan fingerprint density at radius 1 is 1.08 bits per heavy atom. The van der Waals surface area contributed by atoms with Crippen LogP contribution in [0.15, 0.2) is 24.3 Å². The first kappa shape index (κ1) is 21.4. The summed E-state index contributed by atoms with van der Waals surface area (Å²) in [7, 11) is 0. The number of phenolic OH excluding ortho intramolecular Hbond substituents is 1. The molecule has 0 fully saturated rings. The zero-order valence-electron chi connectivity index (χ0n) is 15.2. The molecule has 1 aromatic rings. The Balaban J connectivity index is 2.93. The highest BCUT2D eigenvalue weighted by Crippen LogP contribution is 2.12. The Kier molecular flexibility index (Phi) is 8.05. The van der Waals surface area contributed by atoms with Gasteiger partial charge in [0.2, 0.25) is 11.8 Å². The third-order valence-corrected chi connectivity index (χ3v) is 4.30. The Morgan fingerprint density at radius 3 is 2.15 bits per heavy atom. The van der Waals surface area contributed by atoms with Gasteiger partial charge in [0.1, 0.15) is 17.8 Å². The van der Waals surface area contributed by atoms with Gasteiger partial charge in [0.05, 0.1) is 6.04 Å². The summed E-state index contributed by atoms with van der Waals surface area (Å²) in [5.74, 6) is -2.24. The van der Waals surface area contributed by atoms with Crippen molar-refractivity contribution >= 4 is 17.8 Å². The van der Waals surface area contributed by atoms with E-state index in [2.05, 4.69) is 10.6 Å². The molecule has 0 aliphatic rings. The number of phenols is 1. The predicted octanol–water partition coefficient (Wildman–Crippen LogP) is 0.382. The number of aromatic hydroxyl groups is 1. The van der Waals surface area contributed by atoms with Crippen LogP contribution in [0, 0.1) is 5.92 Å². The second kappa shape index (κ2) is 9.76. The lowest BCUT2D eigenvalue weighted by Crippen LogP contribution is -2.55. The molecule has 144 valence electrons. The zero-order chi connectivity index (χ0) is 19.9. The molecule has 0 radical (unpaired) electrons. The van der Waals surface area contributed by atoms with Gasteiger partial charge < -0.3 is 26.6 Å². The molecule has 0 bridgehead atoms. The van der Waals surface area contributed by atoms with E-state index in [1.165, 1.54) is 19.1 Å². The van der Waals surface area contributed by atoms with E-state index in [-0.39, 0.29) is 18.1 Å². The van der Waals surface area contributed by atoms with E-state index >= 15 is 0 Å². The highest BCUT2D eigenvalue weighted by molar-refractivity contribution is 5.91. The molecule has 0 aliphatic heterocycles. The van der Waals surface area contributed by atoms with Crippen LogP contribution < -0.4 is 16.4 Å². The summed E-state index contributed by atoms with van der Waals surface area (Å²) < 4.78 is 0. The summed E-state index contributed by atoms with van der Waals surface area (Å²) in [6, 6.07) is 3.34. The smallest absolute Gasteiger partial charge is 0.325 e. The van der Waals surface area contributed by atoms with Crippen molar-refractivity contribution < 1.29 is 24.6 Å². The van der Waals surface area contributed by atoms with Gasteiger partial charge in [-0.05, 0) is 30.5 Å². The van der Waals surface area contributed by atoms with Crippen LogP contribution in [0.4, 0.5) is 0 Å². The van der Waals surface area contributed by atoms with Crippen LogP contribution in [0.3, 0.4) is 0 Å². The molecule has 0 heterocycles. The van der Waals surface area contributed by atoms with Crippen LogP contribution in [0.1, 0.15) is 32.8 Å². The van der Waals surface area contributed by atoms with Crippen LogP contribution in [-0.2, 0) is 20.8 Å². The van der Waals surface area contributed by atoms with E-state index < -0.39 is 35.9 Å². The lowest BCUT2D eigenvalue weighted by atomic mass is 9.98. The van der Waals surface area contributed by atoms with Gasteiger partial charge in [0.25, 0.3) is 0 Å². The second-order valence-corrected chi connectivity index (χ2v) is 6.41. The monoisotopic (exact) mass is 365 g/mol. The van der Waals surface area contributed by atoms with Gasteiger partial charge in [0, 0.05) is 6.42 Å². The van der Waals surface area contributed by atoms with Gasteiger partial charge in [-0.25, -0.2) is 0 Å². The summed E-state index contributed by atoms with van der Waals surface area (Å²) in [5, 5.41) is 23.3. The Hall–Kier alpha value is -2.61. The topological polar surface area (TPSA) is 142 Å². The van der Waals surface area contributed by atoms with Crippen molar-refractivity contribution in [3.8, 4) is 5.75 Å². The number of carbonyl (C=O) groups is 3. The molecule has 26 heavy (non-hydrogen) atoms. The van der Waals surface area contributed by atoms with Crippen molar-refractivity contribution in [1.82, 2.24) is 10.6 Å². The summed E-state index contributed by atoms with van der Waals surface area (Å²) >= 11 is 0. The number of rotatable bonds is 9. The third-order valence-electron chi connectivity index (χ3n) is 4.30. The molecule has 6 N–H and O–H groups in total. The van der Waals surface area contributed by atoms with Gasteiger partial charge >= 0.3 is 5.97 Å². The largest absolute Gasteiger partial charge is 0.508 e. The Labute approximate surface area is 152 Å². The maximum absolute atomic E-state index is 12.4. The van der Waals surface area contributed by atoms with E-state index in [1.54, 1.807) is 12.1 Å². The second-order valence-electron chi connectivity index (χ2n) is 6.41. The molecular formula is C18H27N3O5. The number of nitrogens with two attached hydrogens (primary N) is 1. The maximum atomic E-state index is 12.4. The lowest BCUT2D eigenvalue weighted by Gasteiger charge is -2.24. The SMILES string of the molecule is CCC(C)C(N)C(=O)NC(Cc1ccc(O)cc1)C(=O)NC(C)C(=O)O. The minimum atomic E-state index is -1.18. The fraction of sp³-hybridized carbons (Fsp3) is 0.500. The van der Waals surface area contributed by atoms with E-state index in [0.717, 1.165) is 0 Å². The Bertz CT molecular complexity index is 632. The summed E-state index contributed by atoms with van der Waals surface area (Å²) in [6.07, 6.45) is 0.844. The quantitative estimate of drug-likeness (QED) is 0.428. The summed E-state index contributed by atoms with van der Waals surface area (Å²) in [6.45, 7) is 5.09. The number of hydrogen-bond acceptors (Lipinski definition) is 5. The van der Waals surface area contributed by atoms with Gasteiger partial charge in [0.15, 0.2) is 0 Å². The molecule has 8 heteroatoms. The fourth-order valence-corrected chi connectivity index (χ4v) is 2.23. The molecule has 0 saturated heterocycles. The first-order valence-electron chi connectivity index (χ1n) is 8.52. The Morgan fingerprint density at radius 2 is 1.65 bits per heavy atom. The van der Waals surface area contributed by atoms with E-state index in [1.807, 2.05) is 13.8 Å². The first-order valence-corrected chi connectivity index (χ1v) is 8.52. The number of nitrogens with one attached hydrogen (secondary N) is 2. The zero-order valence-corrected chi connectivity index (χ0v) is 15.2. The number of benzene rings is 1. The van der Waals surface area contributed by atoms with Crippen LogP contribution in [0.25, 0.3) is 0 Å². The fourth-order valence-electron chi connectivity index (χ4n) is 2.23. The minimum Gasteiger partial charge on any atom is -0.508 e. The van der Waals surface area contributed by atoms with E-state index in [9.17, 15) is 19.5 Å². The van der Waals surface area contributed by atoms with E-state index in [4.69, 9.17) is 10.8 Å². The molecule has 0 spiro atoms. The van der Waals surface area contributed by atoms with Crippen LogP contribution in [0.5, 0.6) is 5.75 Å². The number of carboxylic acids is 1. The lowest BCUT2D eigenvalue weighted by molar-refractivity contribution is -0.141. The summed E-state index contributed by atoms with van der Waals surface area (Å²) in [4.78, 5) is 35.8. The molecule has 0 aliphatic carbocycles. The standard InChI is InChI=1S/C18H27N3O5/c1-4-10(2)15(19)17(24)21-14(16(23)20-11(3)18(25)26)9-12-5-7-13(22)8-6-12/h5-8,10-11,14-15,22H,4,9,19H2,1-3H3,(H,20,23)(H,21,24)(H,25,26). The minimum absolute atomic E-state index is 0.0645. The number of carboxylic acid groups (broad SMARTS) is 1. The molecule has 0 aromatic heterocycles. The average Bonchev–Trinajstić information content (AvgIpc) is 2.61.